The number of nitrogens with zero attached hydrogens (tertiary/aromatic N) is 1. The Hall–Kier alpha value is -1.67. The fourth-order valence-corrected chi connectivity index (χ4v) is 3.18. The van der Waals surface area contributed by atoms with Crippen molar-refractivity contribution >= 4 is 23.4 Å². The molecule has 2 N–H and O–H groups in total. The van der Waals surface area contributed by atoms with E-state index in [2.05, 4.69) is 6.07 Å². The normalized spacial score (nSPS) is 15.6. The number of carbonyl (C=O) groups is 1. The first kappa shape index (κ1) is 13.8. The topological polar surface area (TPSA) is 76.1 Å². The molecule has 0 bridgehead atoms. The highest BCUT2D eigenvalue weighted by atomic mass is 32.2. The van der Waals surface area contributed by atoms with Gasteiger partial charge in [-0.3, -0.25) is 4.79 Å². The number of hydrogen-bond donors (Lipinski definition) is 1. The molecule has 0 heterocycles. The second kappa shape index (κ2) is 5.54. The van der Waals surface area contributed by atoms with Crippen molar-refractivity contribution < 1.29 is 9.53 Å². The molecule has 4 nitrogen and oxygen atoms in total. The van der Waals surface area contributed by atoms with Gasteiger partial charge in [0.1, 0.15) is 0 Å². The molecule has 1 aliphatic rings. The quantitative estimate of drug-likeness (QED) is 0.508. The summed E-state index contributed by atoms with van der Waals surface area (Å²) in [6, 6.07) is 7.37. The maximum absolute atomic E-state index is 11.3. The number of nitriles is 1. The Bertz CT molecular complexity index is 533. The Kier molecular flexibility index (Phi) is 4.01. The monoisotopic (exact) mass is 276 g/mol. The first-order valence-electron chi connectivity index (χ1n) is 6.08. The molecule has 1 aromatic rings. The van der Waals surface area contributed by atoms with Crippen LogP contribution in [-0.2, 0) is 9.53 Å². The maximum Gasteiger partial charge on any atom is 0.306 e. The van der Waals surface area contributed by atoms with Crippen LogP contribution in [0.4, 0.5) is 5.69 Å². The second-order valence-electron chi connectivity index (χ2n) is 4.91. The molecule has 19 heavy (non-hydrogen) atoms. The van der Waals surface area contributed by atoms with Crippen LogP contribution in [0, 0.1) is 16.7 Å². The highest BCUT2D eigenvalue weighted by Gasteiger charge is 2.44. The van der Waals surface area contributed by atoms with E-state index in [4.69, 9.17) is 15.7 Å². The molecule has 1 aliphatic carbocycles. The van der Waals surface area contributed by atoms with Crippen molar-refractivity contribution in [3.63, 3.8) is 0 Å². The fourth-order valence-electron chi connectivity index (χ4n) is 1.89. The van der Waals surface area contributed by atoms with Crippen LogP contribution in [0.5, 0.6) is 0 Å². The van der Waals surface area contributed by atoms with Crippen LogP contribution in [-0.4, -0.2) is 18.8 Å². The molecule has 0 unspecified atom stereocenters. The smallest absolute Gasteiger partial charge is 0.306 e. The Labute approximate surface area is 116 Å². The van der Waals surface area contributed by atoms with Gasteiger partial charge < -0.3 is 10.5 Å². The standard InChI is InChI=1S/C14H16N2O2S/c1-18-13(17)7-14(4-5-14)9-19-12-6-10(8-15)2-3-11(12)16/h2-3,6H,4-5,7,9,16H2,1H3. The van der Waals surface area contributed by atoms with E-state index in [1.54, 1.807) is 30.0 Å². The number of nitrogens with two attached hydrogens (primary N) is 1. The van der Waals surface area contributed by atoms with Crippen LogP contribution in [0.2, 0.25) is 0 Å². The van der Waals surface area contributed by atoms with Gasteiger partial charge in [-0.15, -0.1) is 11.8 Å². The molecule has 1 fully saturated rings. The summed E-state index contributed by atoms with van der Waals surface area (Å²) in [5, 5.41) is 8.88. The van der Waals surface area contributed by atoms with Crippen LogP contribution >= 0.6 is 11.8 Å². The molecule has 0 radical (unpaired) electrons. The molecule has 0 amide bonds. The summed E-state index contributed by atoms with van der Waals surface area (Å²) in [4.78, 5) is 12.3. The lowest BCUT2D eigenvalue weighted by atomic mass is 10.1. The minimum absolute atomic E-state index is 0.0623. The number of nitrogen functional groups attached to an aromatic ring is 1. The summed E-state index contributed by atoms with van der Waals surface area (Å²) >= 11 is 1.61. The molecule has 2 rings (SSSR count). The number of rotatable bonds is 5. The molecule has 0 aliphatic heterocycles. The largest absolute Gasteiger partial charge is 0.469 e. The third-order valence-corrected chi connectivity index (χ3v) is 4.80. The molecule has 0 aromatic heterocycles. The molecule has 0 spiro atoms. The number of hydrogen-bond acceptors (Lipinski definition) is 5. The SMILES string of the molecule is COC(=O)CC1(CSc2cc(C#N)ccc2N)CC1. The molecular formula is C14H16N2O2S. The van der Waals surface area contributed by atoms with Crippen molar-refractivity contribution in [1.82, 2.24) is 0 Å². The molecule has 100 valence electrons. The average Bonchev–Trinajstić information content (AvgIpc) is 3.18. The minimum atomic E-state index is -0.156. The summed E-state index contributed by atoms with van der Waals surface area (Å²) in [6.45, 7) is 0. The van der Waals surface area contributed by atoms with E-state index in [0.717, 1.165) is 23.5 Å². The van der Waals surface area contributed by atoms with Gasteiger partial charge in [0.15, 0.2) is 0 Å². The molecule has 0 atom stereocenters. The summed E-state index contributed by atoms with van der Waals surface area (Å²) in [6.07, 6.45) is 2.56. The number of benzene rings is 1. The molecule has 5 heteroatoms. The zero-order chi connectivity index (χ0) is 13.9. The van der Waals surface area contributed by atoms with Crippen molar-refractivity contribution in [2.45, 2.75) is 24.2 Å². The average molecular weight is 276 g/mol. The predicted octanol–water partition coefficient (Wildman–Crippen LogP) is 2.58. The third kappa shape index (κ3) is 3.42. The van der Waals surface area contributed by atoms with Crippen molar-refractivity contribution in [2.75, 3.05) is 18.6 Å². The van der Waals surface area contributed by atoms with Crippen LogP contribution < -0.4 is 5.73 Å². The van der Waals surface area contributed by atoms with E-state index < -0.39 is 0 Å². The first-order valence-corrected chi connectivity index (χ1v) is 7.06. The van der Waals surface area contributed by atoms with Crippen molar-refractivity contribution in [1.29, 1.82) is 5.26 Å². The van der Waals surface area contributed by atoms with Gasteiger partial charge >= 0.3 is 5.97 Å². The lowest BCUT2D eigenvalue weighted by Crippen LogP contribution is -2.13. The van der Waals surface area contributed by atoms with Crippen LogP contribution in [0.25, 0.3) is 0 Å². The zero-order valence-electron chi connectivity index (χ0n) is 10.8. The van der Waals surface area contributed by atoms with E-state index in [1.165, 1.54) is 7.11 Å². The van der Waals surface area contributed by atoms with Gasteiger partial charge in [-0.2, -0.15) is 5.26 Å². The van der Waals surface area contributed by atoms with E-state index in [0.29, 0.717) is 17.7 Å². The van der Waals surface area contributed by atoms with E-state index in [9.17, 15) is 4.79 Å². The predicted molar refractivity (Wildman–Crippen MR) is 74.6 cm³/mol. The Morgan fingerprint density at radius 3 is 2.89 bits per heavy atom. The first-order chi connectivity index (χ1) is 9.08. The highest BCUT2D eigenvalue weighted by Crippen LogP contribution is 2.52. The number of esters is 1. The summed E-state index contributed by atoms with van der Waals surface area (Å²) in [7, 11) is 1.42. The van der Waals surface area contributed by atoms with Gasteiger partial charge in [-0.05, 0) is 36.5 Å². The number of anilines is 1. The molecule has 1 saturated carbocycles. The summed E-state index contributed by atoms with van der Waals surface area (Å²) in [5.74, 6) is 0.679. The van der Waals surface area contributed by atoms with E-state index >= 15 is 0 Å². The number of ether oxygens (including phenoxy) is 1. The number of methoxy groups -OCH3 is 1. The van der Waals surface area contributed by atoms with Crippen molar-refractivity contribution in [3.05, 3.63) is 23.8 Å². The second-order valence-corrected chi connectivity index (χ2v) is 5.92. The fraction of sp³-hybridized carbons (Fsp3) is 0.429. The maximum atomic E-state index is 11.3. The minimum Gasteiger partial charge on any atom is -0.469 e. The lowest BCUT2D eigenvalue weighted by Gasteiger charge is -2.14. The summed E-state index contributed by atoms with van der Waals surface area (Å²) < 4.78 is 4.72. The molecular weight excluding hydrogens is 260 g/mol. The number of thioether (sulfide) groups is 1. The van der Waals surface area contributed by atoms with Crippen LogP contribution in [0.3, 0.4) is 0 Å². The van der Waals surface area contributed by atoms with Crippen LogP contribution in [0.15, 0.2) is 23.1 Å². The molecule has 1 aromatic carbocycles. The third-order valence-electron chi connectivity index (χ3n) is 3.38. The van der Waals surface area contributed by atoms with Gasteiger partial charge in [0, 0.05) is 16.3 Å². The Morgan fingerprint density at radius 1 is 1.58 bits per heavy atom. The van der Waals surface area contributed by atoms with Gasteiger partial charge in [-0.25, -0.2) is 0 Å². The Morgan fingerprint density at radius 2 is 2.32 bits per heavy atom. The Balaban J connectivity index is 1.99. The van der Waals surface area contributed by atoms with Crippen molar-refractivity contribution in [2.24, 2.45) is 5.41 Å². The number of carbonyl (C=O) groups excluding carboxylic acids is 1. The van der Waals surface area contributed by atoms with Gasteiger partial charge in [0.05, 0.1) is 25.2 Å². The van der Waals surface area contributed by atoms with Gasteiger partial charge in [0.25, 0.3) is 0 Å². The van der Waals surface area contributed by atoms with E-state index in [1.807, 2.05) is 0 Å². The highest BCUT2D eigenvalue weighted by molar-refractivity contribution is 7.99. The zero-order valence-corrected chi connectivity index (χ0v) is 11.6. The molecule has 0 saturated heterocycles. The lowest BCUT2D eigenvalue weighted by molar-refractivity contribution is -0.141. The van der Waals surface area contributed by atoms with Crippen LogP contribution in [0.1, 0.15) is 24.8 Å². The van der Waals surface area contributed by atoms with Crippen molar-refractivity contribution in [3.8, 4) is 6.07 Å². The van der Waals surface area contributed by atoms with E-state index in [-0.39, 0.29) is 11.4 Å². The van der Waals surface area contributed by atoms with Gasteiger partial charge in [-0.1, -0.05) is 0 Å². The summed E-state index contributed by atoms with van der Waals surface area (Å²) in [5.41, 5.74) is 7.25. The van der Waals surface area contributed by atoms with Gasteiger partial charge in [0.2, 0.25) is 0 Å².